The van der Waals surface area contributed by atoms with E-state index in [0.29, 0.717) is 0 Å². The van der Waals surface area contributed by atoms with E-state index in [4.69, 9.17) is 23.6 Å². The summed E-state index contributed by atoms with van der Waals surface area (Å²) in [5.41, 5.74) is -0.148. The summed E-state index contributed by atoms with van der Waals surface area (Å²) in [7, 11) is 4.52. The molecule has 0 unspecified atom stereocenters. The maximum atomic E-state index is 5.79. The lowest BCUT2D eigenvalue weighted by Gasteiger charge is -2.35. The lowest BCUT2D eigenvalue weighted by Crippen LogP contribution is -3.00. The van der Waals surface area contributed by atoms with E-state index in [0.717, 1.165) is 17.4 Å². The van der Waals surface area contributed by atoms with Gasteiger partial charge >= 0.3 is 0 Å². The molecule has 0 heterocycles. The molecule has 0 bridgehead atoms. The predicted octanol–water partition coefficient (Wildman–Crippen LogP) is 0.645. The van der Waals surface area contributed by atoms with Gasteiger partial charge in [0.15, 0.2) is 0 Å². The predicted molar refractivity (Wildman–Crippen MR) is 69.0 cm³/mol. The van der Waals surface area contributed by atoms with Gasteiger partial charge < -0.3 is 16.9 Å². The molecular weight excluding hydrogens is 266 g/mol. The molecule has 0 radical (unpaired) electrons. The van der Waals surface area contributed by atoms with Crippen LogP contribution >= 0.6 is 23.6 Å². The summed E-state index contributed by atoms with van der Waals surface area (Å²) in [4.78, 5) is 0. The van der Waals surface area contributed by atoms with Crippen LogP contribution in [0.5, 0.6) is 0 Å². The molecule has 0 spiro atoms. The Hall–Kier alpha value is 0.790. The molecule has 0 amide bonds. The molecule has 2 nitrogen and oxygen atoms in total. The Balaban J connectivity index is 0. The smallest absolute Gasteiger partial charge is 0.0801 e. The lowest BCUT2D eigenvalue weighted by molar-refractivity contribution is -0.891. The van der Waals surface area contributed by atoms with Crippen molar-refractivity contribution in [1.82, 2.24) is 3.94 Å². The zero-order valence-corrected chi connectivity index (χ0v) is 13.3. The van der Waals surface area contributed by atoms with Gasteiger partial charge in [-0.05, 0) is 43.8 Å². The first-order valence-electron chi connectivity index (χ1n) is 5.65. The van der Waals surface area contributed by atoms with Gasteiger partial charge in [-0.15, -0.1) is 3.94 Å². The van der Waals surface area contributed by atoms with Gasteiger partial charge in [0.1, 0.15) is 0 Å². The Morgan fingerprint density at radius 1 is 1.12 bits per heavy atom. The third-order valence-corrected chi connectivity index (χ3v) is 3.82. The monoisotopic (exact) mass is 290 g/mol. The second-order valence-electron chi connectivity index (χ2n) is 5.53. The van der Waals surface area contributed by atoms with E-state index in [2.05, 4.69) is 34.9 Å². The molecule has 0 saturated carbocycles. The van der Waals surface area contributed by atoms with Crippen molar-refractivity contribution < 1.29 is 16.9 Å². The normalized spacial score (nSPS) is 12.8. The lowest BCUT2D eigenvalue weighted by atomic mass is 10.0. The highest BCUT2D eigenvalue weighted by molar-refractivity contribution is 6.34. The molecule has 5 heteroatoms. The van der Waals surface area contributed by atoms with E-state index in [1.807, 2.05) is 0 Å². The number of unbranched alkanes of at least 4 members (excludes halogenated alkanes) is 1. The van der Waals surface area contributed by atoms with Crippen molar-refractivity contribution in [3.63, 3.8) is 0 Å². The molecule has 0 aromatic carbocycles. The van der Waals surface area contributed by atoms with E-state index in [1.165, 1.54) is 23.3 Å². The molecule has 0 atom stereocenters. The van der Waals surface area contributed by atoms with Crippen molar-refractivity contribution >= 4 is 23.6 Å². The van der Waals surface area contributed by atoms with Crippen LogP contribution in [0, 0.1) is 0 Å². The Bertz CT molecular complexity index is 182. The number of halogens is 3. The summed E-state index contributed by atoms with van der Waals surface area (Å²) in [6.07, 6.45) is 3.53. The van der Waals surface area contributed by atoms with Gasteiger partial charge in [-0.25, -0.2) is 0 Å². The molecule has 0 N–H and O–H groups in total. The topological polar surface area (TPSA) is 3.24 Å². The largest absolute Gasteiger partial charge is 1.00 e. The number of quaternary nitrogens is 1. The molecular formula is C11H25Cl3N2. The molecule has 0 aliphatic heterocycles. The first-order chi connectivity index (χ1) is 6.71. The fourth-order valence-electron chi connectivity index (χ4n) is 1.36. The number of hydrogen-bond donors (Lipinski definition) is 0. The molecule has 100 valence electrons. The highest BCUT2D eigenvalue weighted by Crippen LogP contribution is 2.24. The van der Waals surface area contributed by atoms with Crippen molar-refractivity contribution in [1.29, 1.82) is 0 Å². The van der Waals surface area contributed by atoms with Crippen molar-refractivity contribution in [2.75, 3.05) is 27.2 Å². The van der Waals surface area contributed by atoms with Crippen molar-refractivity contribution in [2.45, 2.75) is 45.6 Å². The van der Waals surface area contributed by atoms with Gasteiger partial charge in [0.05, 0.1) is 32.7 Å². The first-order valence-corrected chi connectivity index (χ1v) is 6.33. The van der Waals surface area contributed by atoms with E-state index in [1.54, 1.807) is 0 Å². The fourth-order valence-corrected chi connectivity index (χ4v) is 1.53. The van der Waals surface area contributed by atoms with Crippen LogP contribution in [0.2, 0.25) is 0 Å². The first kappa shape index (κ1) is 19.1. The highest BCUT2D eigenvalue weighted by Gasteiger charge is 2.28. The average molecular weight is 292 g/mol. The van der Waals surface area contributed by atoms with Crippen LogP contribution in [0.25, 0.3) is 0 Å². The summed E-state index contributed by atoms with van der Waals surface area (Å²) < 4.78 is 2.31. The second kappa shape index (κ2) is 7.99. The maximum Gasteiger partial charge on any atom is 0.0801 e. The third kappa shape index (κ3) is 7.97. The molecule has 16 heavy (non-hydrogen) atoms. The minimum Gasteiger partial charge on any atom is -1.00 e. The van der Waals surface area contributed by atoms with Gasteiger partial charge in [-0.1, -0.05) is 13.3 Å². The van der Waals surface area contributed by atoms with E-state index >= 15 is 0 Å². The van der Waals surface area contributed by atoms with E-state index in [9.17, 15) is 0 Å². The highest BCUT2D eigenvalue weighted by atomic mass is 35.5. The second-order valence-corrected chi connectivity index (χ2v) is 6.38. The summed E-state index contributed by atoms with van der Waals surface area (Å²) in [6, 6.07) is 0. The van der Waals surface area contributed by atoms with Crippen molar-refractivity contribution in [3.8, 4) is 0 Å². The SMILES string of the molecule is CCCC[N+](C)(C)CCC(C)(C)N(Cl)Cl.[Cl-]. The molecule has 0 aliphatic carbocycles. The number of rotatable bonds is 7. The summed E-state index contributed by atoms with van der Waals surface area (Å²) in [5.74, 6) is 0. The maximum absolute atomic E-state index is 5.79. The third-order valence-electron chi connectivity index (χ3n) is 2.90. The molecule has 0 saturated heterocycles. The Morgan fingerprint density at radius 2 is 1.62 bits per heavy atom. The Labute approximate surface area is 117 Å². The van der Waals surface area contributed by atoms with Crippen LogP contribution in [0.1, 0.15) is 40.0 Å². The zero-order chi connectivity index (χ0) is 12.1. The number of nitrogens with zero attached hydrogens (tertiary/aromatic N) is 2. The minimum atomic E-state index is -0.148. The van der Waals surface area contributed by atoms with Crippen LogP contribution in [0.3, 0.4) is 0 Å². The Morgan fingerprint density at radius 3 is 2.00 bits per heavy atom. The van der Waals surface area contributed by atoms with Crippen LogP contribution in [-0.2, 0) is 0 Å². The Kier molecular flexibility index (Phi) is 9.56. The van der Waals surface area contributed by atoms with E-state index in [-0.39, 0.29) is 17.9 Å². The van der Waals surface area contributed by atoms with Crippen LogP contribution in [-0.4, -0.2) is 41.1 Å². The summed E-state index contributed by atoms with van der Waals surface area (Å²) in [5, 5.41) is 0. The van der Waals surface area contributed by atoms with Crippen LogP contribution < -0.4 is 12.4 Å². The van der Waals surface area contributed by atoms with Crippen LogP contribution in [0.4, 0.5) is 0 Å². The fraction of sp³-hybridized carbons (Fsp3) is 1.00. The minimum absolute atomic E-state index is 0. The van der Waals surface area contributed by atoms with Crippen molar-refractivity contribution in [2.24, 2.45) is 0 Å². The van der Waals surface area contributed by atoms with Gasteiger partial charge in [-0.2, -0.15) is 0 Å². The van der Waals surface area contributed by atoms with Crippen LogP contribution in [0.15, 0.2) is 0 Å². The zero-order valence-electron chi connectivity index (χ0n) is 11.1. The number of hydrogen-bond acceptors (Lipinski definition) is 1. The summed E-state index contributed by atoms with van der Waals surface area (Å²) in [6.45, 7) is 8.67. The molecule has 0 aromatic rings. The summed E-state index contributed by atoms with van der Waals surface area (Å²) >= 11 is 11.6. The molecule has 0 fully saturated rings. The van der Waals surface area contributed by atoms with Gasteiger partial charge in [0.25, 0.3) is 0 Å². The molecule has 0 aromatic heterocycles. The van der Waals surface area contributed by atoms with Crippen molar-refractivity contribution in [3.05, 3.63) is 0 Å². The van der Waals surface area contributed by atoms with Gasteiger partial charge in [-0.3, -0.25) is 0 Å². The molecule has 0 aliphatic rings. The van der Waals surface area contributed by atoms with Gasteiger partial charge in [0, 0.05) is 6.42 Å². The average Bonchev–Trinajstić information content (AvgIpc) is 2.12. The quantitative estimate of drug-likeness (QED) is 0.492. The standard InChI is InChI=1S/C11H25Cl2N2.ClH/c1-6-7-9-15(4,5)10-8-11(2,3)14(12)13;/h6-10H2,1-5H3;1H/q+1;/p-1. The van der Waals surface area contributed by atoms with Gasteiger partial charge in [0.2, 0.25) is 0 Å². The van der Waals surface area contributed by atoms with E-state index < -0.39 is 0 Å². The molecule has 0 rings (SSSR count).